The normalized spacial score (nSPS) is 11.3. The van der Waals surface area contributed by atoms with Gasteiger partial charge in [-0.05, 0) is 36.6 Å². The van der Waals surface area contributed by atoms with Gasteiger partial charge in [-0.1, -0.05) is 19.4 Å². The van der Waals surface area contributed by atoms with Gasteiger partial charge in [0.25, 0.3) is 0 Å². The number of nitrogens with one attached hydrogen (secondary N) is 1. The molecule has 17 heavy (non-hydrogen) atoms. The molecule has 0 fully saturated rings. The zero-order valence-electron chi connectivity index (χ0n) is 10.2. The third-order valence-electron chi connectivity index (χ3n) is 2.35. The first-order valence-corrected chi connectivity index (χ1v) is 5.53. The van der Waals surface area contributed by atoms with E-state index in [-0.39, 0.29) is 5.96 Å². The molecule has 5 nitrogen and oxygen atoms in total. The molecular weight excluding hydrogens is 216 g/mol. The summed E-state index contributed by atoms with van der Waals surface area (Å²) in [5, 5.41) is 2.22. The molecule has 2 amide bonds. The van der Waals surface area contributed by atoms with Crippen LogP contribution in [0.25, 0.3) is 0 Å². The molecule has 0 saturated heterocycles. The zero-order valence-corrected chi connectivity index (χ0v) is 10.2. The molecule has 0 aromatic heterocycles. The van der Waals surface area contributed by atoms with Gasteiger partial charge in [0, 0.05) is 0 Å². The fraction of sp³-hybridized carbons (Fsp3) is 0.333. The summed E-state index contributed by atoms with van der Waals surface area (Å²) in [5.74, 6) is 0.000131. The van der Waals surface area contributed by atoms with Gasteiger partial charge in [-0.3, -0.25) is 5.32 Å². The summed E-state index contributed by atoms with van der Waals surface area (Å²) in [4.78, 5) is 14.6. The summed E-state index contributed by atoms with van der Waals surface area (Å²) in [6, 6.07) is 5.11. The average molecular weight is 234 g/mol. The maximum atomic E-state index is 10.6. The Balaban J connectivity index is 2.86. The number of carbonyl (C=O) groups is 1. The molecule has 1 rings (SSSR count). The number of benzene rings is 1. The van der Waals surface area contributed by atoms with Crippen molar-refractivity contribution in [3.8, 4) is 0 Å². The number of guanidine groups is 1. The van der Waals surface area contributed by atoms with Crippen molar-refractivity contribution >= 4 is 17.7 Å². The summed E-state index contributed by atoms with van der Waals surface area (Å²) in [6.45, 7) is 4.17. The van der Waals surface area contributed by atoms with Crippen LogP contribution in [0.4, 0.5) is 10.5 Å². The Labute approximate surface area is 101 Å². The van der Waals surface area contributed by atoms with Crippen molar-refractivity contribution in [2.24, 2.45) is 16.5 Å². The van der Waals surface area contributed by atoms with Gasteiger partial charge in [0.1, 0.15) is 0 Å². The molecule has 0 heterocycles. The molecule has 0 atom stereocenters. The third kappa shape index (κ3) is 4.14. The fourth-order valence-corrected chi connectivity index (χ4v) is 1.59. The number of urea groups is 1. The van der Waals surface area contributed by atoms with Crippen LogP contribution in [0.1, 0.15) is 24.5 Å². The van der Waals surface area contributed by atoms with Gasteiger partial charge in [0.2, 0.25) is 5.96 Å². The van der Waals surface area contributed by atoms with Crippen molar-refractivity contribution in [3.63, 3.8) is 0 Å². The molecule has 5 N–H and O–H groups in total. The lowest BCUT2D eigenvalue weighted by Gasteiger charge is -2.06. The third-order valence-corrected chi connectivity index (χ3v) is 2.35. The number of amides is 2. The molecule has 0 aliphatic rings. The number of nitrogens with two attached hydrogens (primary N) is 2. The van der Waals surface area contributed by atoms with Crippen LogP contribution in [0.5, 0.6) is 0 Å². The van der Waals surface area contributed by atoms with E-state index in [2.05, 4.69) is 17.2 Å². The Bertz CT molecular complexity index is 440. The summed E-state index contributed by atoms with van der Waals surface area (Å²) in [7, 11) is 0. The Kier molecular flexibility index (Phi) is 4.51. The van der Waals surface area contributed by atoms with Crippen LogP contribution in [-0.2, 0) is 6.42 Å². The molecular formula is C12H18N4O. The van der Waals surface area contributed by atoms with Crippen molar-refractivity contribution in [2.75, 3.05) is 0 Å². The van der Waals surface area contributed by atoms with E-state index in [9.17, 15) is 4.79 Å². The van der Waals surface area contributed by atoms with Crippen LogP contribution in [0, 0.1) is 6.92 Å². The monoisotopic (exact) mass is 234 g/mol. The molecule has 0 aliphatic carbocycles. The number of aliphatic imine (C=N–C) groups is 1. The highest BCUT2D eigenvalue weighted by Crippen LogP contribution is 2.18. The van der Waals surface area contributed by atoms with Gasteiger partial charge in [0.05, 0.1) is 5.69 Å². The largest absolute Gasteiger partial charge is 0.369 e. The number of hydrogen-bond donors (Lipinski definition) is 3. The number of primary amides is 1. The maximum Gasteiger partial charge on any atom is 0.318 e. The minimum atomic E-state index is -0.717. The van der Waals surface area contributed by atoms with E-state index in [1.54, 1.807) is 0 Å². The minimum absolute atomic E-state index is 0.000131. The predicted octanol–water partition coefficient (Wildman–Crippen LogP) is 1.56. The van der Waals surface area contributed by atoms with Crippen LogP contribution >= 0.6 is 0 Å². The van der Waals surface area contributed by atoms with Gasteiger partial charge >= 0.3 is 6.03 Å². The van der Waals surface area contributed by atoms with Crippen LogP contribution in [0.15, 0.2) is 23.2 Å². The molecule has 5 heteroatoms. The Morgan fingerprint density at radius 1 is 1.41 bits per heavy atom. The molecule has 0 spiro atoms. The van der Waals surface area contributed by atoms with Crippen molar-refractivity contribution < 1.29 is 4.79 Å². The van der Waals surface area contributed by atoms with Crippen molar-refractivity contribution in [3.05, 3.63) is 29.3 Å². The lowest BCUT2D eigenvalue weighted by molar-refractivity contribution is 0.253. The molecule has 0 saturated carbocycles. The summed E-state index contributed by atoms with van der Waals surface area (Å²) in [5.41, 5.74) is 13.6. The van der Waals surface area contributed by atoms with Gasteiger partial charge in [-0.15, -0.1) is 0 Å². The molecule has 0 unspecified atom stereocenters. The topological polar surface area (TPSA) is 93.5 Å². The van der Waals surface area contributed by atoms with E-state index in [0.717, 1.165) is 12.8 Å². The number of nitrogens with zero attached hydrogens (tertiary/aromatic N) is 1. The molecule has 1 aromatic carbocycles. The van der Waals surface area contributed by atoms with Gasteiger partial charge in [-0.25, -0.2) is 9.79 Å². The summed E-state index contributed by atoms with van der Waals surface area (Å²) < 4.78 is 0. The Morgan fingerprint density at radius 3 is 2.65 bits per heavy atom. The van der Waals surface area contributed by atoms with E-state index in [0.29, 0.717) is 5.69 Å². The van der Waals surface area contributed by atoms with Crippen LogP contribution in [0.3, 0.4) is 0 Å². The summed E-state index contributed by atoms with van der Waals surface area (Å²) >= 11 is 0. The van der Waals surface area contributed by atoms with Crippen LogP contribution < -0.4 is 16.8 Å². The van der Waals surface area contributed by atoms with E-state index in [1.165, 1.54) is 11.1 Å². The van der Waals surface area contributed by atoms with E-state index < -0.39 is 6.03 Å². The van der Waals surface area contributed by atoms with Gasteiger partial charge in [0.15, 0.2) is 0 Å². The van der Waals surface area contributed by atoms with E-state index >= 15 is 0 Å². The lowest BCUT2D eigenvalue weighted by atomic mass is 10.0. The fourth-order valence-electron chi connectivity index (χ4n) is 1.59. The molecule has 92 valence electrons. The molecule has 1 aromatic rings. The second-order valence-electron chi connectivity index (χ2n) is 3.85. The number of hydrogen-bond acceptors (Lipinski definition) is 2. The predicted molar refractivity (Wildman–Crippen MR) is 69.2 cm³/mol. The van der Waals surface area contributed by atoms with Crippen LogP contribution in [0.2, 0.25) is 0 Å². The second kappa shape index (κ2) is 5.89. The SMILES string of the molecule is CCCc1ccc(/N=C(/N)NC(N)=O)cc1C. The number of carbonyl (C=O) groups excluding carboxylic acids is 1. The number of aryl methyl sites for hydroxylation is 2. The van der Waals surface area contributed by atoms with Crippen LogP contribution in [-0.4, -0.2) is 12.0 Å². The Hall–Kier alpha value is -2.04. The quantitative estimate of drug-likeness (QED) is 0.547. The van der Waals surface area contributed by atoms with Crippen molar-refractivity contribution in [1.82, 2.24) is 5.32 Å². The highest BCUT2D eigenvalue weighted by Gasteiger charge is 2.00. The highest BCUT2D eigenvalue weighted by molar-refractivity contribution is 5.95. The van der Waals surface area contributed by atoms with Crippen molar-refractivity contribution in [2.45, 2.75) is 26.7 Å². The zero-order chi connectivity index (χ0) is 12.8. The Morgan fingerprint density at radius 2 is 2.12 bits per heavy atom. The number of rotatable bonds is 3. The second-order valence-corrected chi connectivity index (χ2v) is 3.85. The van der Waals surface area contributed by atoms with Crippen molar-refractivity contribution in [1.29, 1.82) is 0 Å². The maximum absolute atomic E-state index is 10.6. The minimum Gasteiger partial charge on any atom is -0.369 e. The van der Waals surface area contributed by atoms with Gasteiger partial charge in [-0.2, -0.15) is 0 Å². The highest BCUT2D eigenvalue weighted by atomic mass is 16.2. The average Bonchev–Trinajstić information content (AvgIpc) is 2.21. The molecule has 0 aliphatic heterocycles. The summed E-state index contributed by atoms with van der Waals surface area (Å²) in [6.07, 6.45) is 2.15. The first-order valence-electron chi connectivity index (χ1n) is 5.53. The lowest BCUT2D eigenvalue weighted by Crippen LogP contribution is -2.39. The van der Waals surface area contributed by atoms with Gasteiger partial charge < -0.3 is 11.5 Å². The standard InChI is InChI=1S/C12H18N4O/c1-3-4-9-5-6-10(7-8(9)2)15-11(13)16-12(14)17/h5-7H,3-4H2,1-2H3,(H5,13,14,15,16,17). The van der Waals surface area contributed by atoms with E-state index in [1.807, 2.05) is 25.1 Å². The molecule has 0 radical (unpaired) electrons. The first kappa shape index (κ1) is 13.0. The first-order chi connectivity index (χ1) is 8.02. The van der Waals surface area contributed by atoms with E-state index in [4.69, 9.17) is 11.5 Å². The smallest absolute Gasteiger partial charge is 0.318 e. The molecule has 0 bridgehead atoms.